The third-order valence-electron chi connectivity index (χ3n) is 9.84. The van der Waals surface area contributed by atoms with Gasteiger partial charge in [-0.25, -0.2) is 14.4 Å². The Balaban J connectivity index is 1.26. The Labute approximate surface area is 346 Å². The van der Waals surface area contributed by atoms with Crippen molar-refractivity contribution in [3.63, 3.8) is 0 Å². The number of nitrogens with zero attached hydrogens (tertiary/aromatic N) is 2. The van der Waals surface area contributed by atoms with Gasteiger partial charge in [0.1, 0.15) is 30.4 Å². The Bertz CT molecular complexity index is 2260. The van der Waals surface area contributed by atoms with E-state index in [1.807, 2.05) is 13.8 Å². The van der Waals surface area contributed by atoms with Crippen molar-refractivity contribution in [3.05, 3.63) is 87.1 Å². The Morgan fingerprint density at radius 2 is 1.47 bits per heavy atom. The summed E-state index contributed by atoms with van der Waals surface area (Å²) in [6, 6.07) is 12.6. The number of primary amides is 1. The highest BCUT2D eigenvalue weighted by Gasteiger charge is 2.27. The zero-order chi connectivity index (χ0) is 44.1. The average molecular weight is 832 g/mol. The SMILES string of the molecule is CN[C@H](C(=O)N[C@@H](CCCNC(N)=O)C(=O)Nc1ccc(COC(=O)N(C)CCN(C)C(=O)OCc2ccc3c(=O)c4cccc(CC(=O)O)c4oc3c2C)cc1)C(C)C. The van der Waals surface area contributed by atoms with Gasteiger partial charge in [0.2, 0.25) is 17.2 Å². The molecule has 60 heavy (non-hydrogen) atoms. The maximum absolute atomic E-state index is 13.2. The van der Waals surface area contributed by atoms with E-state index in [4.69, 9.17) is 19.6 Å². The summed E-state index contributed by atoms with van der Waals surface area (Å²) in [5, 5.41) is 20.9. The number of anilines is 1. The fourth-order valence-corrected chi connectivity index (χ4v) is 6.35. The Kier molecular flexibility index (Phi) is 16.4. The van der Waals surface area contributed by atoms with Crippen molar-refractivity contribution in [3.8, 4) is 0 Å². The van der Waals surface area contributed by atoms with Gasteiger partial charge in [-0.05, 0) is 73.7 Å². The van der Waals surface area contributed by atoms with Crippen molar-refractivity contribution in [2.24, 2.45) is 11.7 Å². The van der Waals surface area contributed by atoms with Crippen molar-refractivity contribution in [1.82, 2.24) is 25.8 Å². The van der Waals surface area contributed by atoms with Gasteiger partial charge in [-0.3, -0.25) is 19.2 Å². The number of fused-ring (bicyclic) bond motifs is 2. The number of aliphatic carboxylic acids is 1. The molecule has 0 saturated carbocycles. The van der Waals surface area contributed by atoms with Crippen LogP contribution in [0.4, 0.5) is 20.1 Å². The number of carboxylic acid groups (broad SMARTS) is 1. The van der Waals surface area contributed by atoms with E-state index in [9.17, 15) is 38.7 Å². The van der Waals surface area contributed by atoms with E-state index in [-0.39, 0.29) is 79.5 Å². The number of nitrogens with two attached hydrogens (primary N) is 1. The summed E-state index contributed by atoms with van der Waals surface area (Å²) in [4.78, 5) is 90.0. The number of likely N-dealkylation sites (N-methyl/N-ethyl adjacent to an activating group) is 3. The van der Waals surface area contributed by atoms with Crippen LogP contribution in [0.5, 0.6) is 0 Å². The van der Waals surface area contributed by atoms with Gasteiger partial charge in [0.15, 0.2) is 0 Å². The summed E-state index contributed by atoms with van der Waals surface area (Å²) in [7, 11) is 4.71. The van der Waals surface area contributed by atoms with Gasteiger partial charge in [0.05, 0.1) is 23.2 Å². The molecule has 18 nitrogen and oxygen atoms in total. The van der Waals surface area contributed by atoms with Crippen LogP contribution in [-0.2, 0) is 43.5 Å². The van der Waals surface area contributed by atoms with Crippen LogP contribution in [0.25, 0.3) is 21.9 Å². The molecule has 4 rings (SSSR count). The van der Waals surface area contributed by atoms with Crippen molar-refractivity contribution >= 4 is 63.6 Å². The number of rotatable bonds is 19. The van der Waals surface area contributed by atoms with Crippen molar-refractivity contribution < 1.29 is 47.8 Å². The standard InChI is InChI=1S/C42H53N7O11/c1-24(2)34(44-4)39(54)47-32(11-8-18-45-40(43)55)38(53)46-29-15-12-26(13-16-29)22-58-41(56)48(5)19-20-49(6)42(57)59-23-28-14-17-31-35(52)30-10-7-9-27(21-33(50)51)37(30)60-36(31)25(28)3/h7,9-10,12-17,24,32,34,44H,8,11,18-23H2,1-6H3,(H,46,53)(H,47,54)(H,50,51)(H3,43,45,55)/t32-,34-/m0/s1. The van der Waals surface area contributed by atoms with Gasteiger partial charge in [-0.1, -0.05) is 44.2 Å². The van der Waals surface area contributed by atoms with Crippen molar-refractivity contribution in [1.29, 1.82) is 0 Å². The van der Waals surface area contributed by atoms with Crippen LogP contribution in [0.2, 0.25) is 0 Å². The molecule has 322 valence electrons. The van der Waals surface area contributed by atoms with E-state index in [0.717, 1.165) is 0 Å². The first-order valence-corrected chi connectivity index (χ1v) is 19.4. The van der Waals surface area contributed by atoms with Crippen LogP contribution in [0.1, 0.15) is 48.9 Å². The molecular weight excluding hydrogens is 778 g/mol. The highest BCUT2D eigenvalue weighted by molar-refractivity contribution is 5.98. The number of hydrogen-bond acceptors (Lipinski definition) is 11. The minimum absolute atomic E-state index is 0.0253. The molecule has 0 unspecified atom stereocenters. The van der Waals surface area contributed by atoms with Crippen LogP contribution in [0.3, 0.4) is 0 Å². The molecule has 1 aromatic heterocycles. The quantitative estimate of drug-likeness (QED) is 0.0583. The monoisotopic (exact) mass is 831 g/mol. The van der Waals surface area contributed by atoms with E-state index in [1.54, 1.807) is 68.6 Å². The van der Waals surface area contributed by atoms with Crippen LogP contribution in [0.15, 0.2) is 63.8 Å². The van der Waals surface area contributed by atoms with E-state index in [1.165, 1.54) is 23.9 Å². The van der Waals surface area contributed by atoms with Crippen LogP contribution in [-0.4, -0.2) is 104 Å². The Hall–Kier alpha value is -6.69. The number of aryl methyl sites for hydroxylation is 1. The lowest BCUT2D eigenvalue weighted by Crippen LogP contribution is -2.52. The molecule has 3 aromatic carbocycles. The number of benzene rings is 3. The number of para-hydroxylation sites is 1. The molecule has 0 fully saturated rings. The number of carbonyl (C=O) groups is 6. The highest BCUT2D eigenvalue weighted by atomic mass is 16.6. The van der Waals surface area contributed by atoms with E-state index in [2.05, 4.69) is 21.3 Å². The van der Waals surface area contributed by atoms with Crippen LogP contribution >= 0.6 is 0 Å². The molecular formula is C42H53N7O11. The van der Waals surface area contributed by atoms with Crippen LogP contribution in [0, 0.1) is 12.8 Å². The van der Waals surface area contributed by atoms with Gasteiger partial charge in [0.25, 0.3) is 0 Å². The molecule has 1 heterocycles. The highest BCUT2D eigenvalue weighted by Crippen LogP contribution is 2.27. The second-order valence-corrected chi connectivity index (χ2v) is 14.7. The summed E-state index contributed by atoms with van der Waals surface area (Å²) in [6.07, 6.45) is -0.967. The molecule has 18 heteroatoms. The number of amides is 6. The predicted octanol–water partition coefficient (Wildman–Crippen LogP) is 3.83. The second kappa shape index (κ2) is 21.4. The topological polar surface area (TPSA) is 252 Å². The zero-order valence-electron chi connectivity index (χ0n) is 34.6. The average Bonchev–Trinajstić information content (AvgIpc) is 3.20. The number of nitrogens with one attached hydrogen (secondary N) is 4. The molecule has 4 aromatic rings. The number of carbonyl (C=O) groups excluding carboxylic acids is 5. The lowest BCUT2D eigenvalue weighted by atomic mass is 10.0. The fourth-order valence-electron chi connectivity index (χ4n) is 6.35. The molecule has 7 N–H and O–H groups in total. The Morgan fingerprint density at radius 3 is 2.07 bits per heavy atom. The third kappa shape index (κ3) is 12.4. The van der Waals surface area contributed by atoms with E-state index >= 15 is 0 Å². The number of hydrogen-bond donors (Lipinski definition) is 6. The minimum Gasteiger partial charge on any atom is -0.481 e. The lowest BCUT2D eigenvalue weighted by Gasteiger charge is -2.24. The Morgan fingerprint density at radius 1 is 0.833 bits per heavy atom. The smallest absolute Gasteiger partial charge is 0.409 e. The van der Waals surface area contributed by atoms with Crippen molar-refractivity contribution in [2.75, 3.05) is 46.1 Å². The molecule has 2 atom stereocenters. The molecule has 6 amide bonds. The lowest BCUT2D eigenvalue weighted by molar-refractivity contribution is -0.136. The van der Waals surface area contributed by atoms with Crippen LogP contribution < -0.4 is 32.4 Å². The summed E-state index contributed by atoms with van der Waals surface area (Å²) in [5.41, 5.74) is 7.92. The second-order valence-electron chi connectivity index (χ2n) is 14.7. The first kappa shape index (κ1) is 46.0. The fraction of sp³-hybridized carbons (Fsp3) is 0.405. The number of urea groups is 1. The predicted molar refractivity (Wildman–Crippen MR) is 223 cm³/mol. The molecule has 0 aliphatic rings. The summed E-state index contributed by atoms with van der Waals surface area (Å²) >= 11 is 0. The molecule has 0 aliphatic carbocycles. The minimum atomic E-state index is -1.06. The maximum atomic E-state index is 13.2. The zero-order valence-corrected chi connectivity index (χ0v) is 34.6. The van der Waals surface area contributed by atoms with E-state index in [0.29, 0.717) is 39.7 Å². The van der Waals surface area contributed by atoms with Gasteiger partial charge in [0, 0.05) is 45.0 Å². The molecule has 0 saturated heterocycles. The number of carboxylic acids is 1. The van der Waals surface area contributed by atoms with Crippen molar-refractivity contribution in [2.45, 2.75) is 65.3 Å². The summed E-state index contributed by atoms with van der Waals surface area (Å²) < 4.78 is 17.0. The van der Waals surface area contributed by atoms with Gasteiger partial charge >= 0.3 is 24.2 Å². The molecule has 0 spiro atoms. The first-order chi connectivity index (χ1) is 28.5. The van der Waals surface area contributed by atoms with Gasteiger partial charge in [-0.2, -0.15) is 0 Å². The molecule has 0 aliphatic heterocycles. The largest absolute Gasteiger partial charge is 0.481 e. The summed E-state index contributed by atoms with van der Waals surface area (Å²) in [5.74, 6) is -1.87. The van der Waals surface area contributed by atoms with Gasteiger partial charge in [-0.15, -0.1) is 0 Å². The normalized spacial score (nSPS) is 12.1. The van der Waals surface area contributed by atoms with E-state index < -0.39 is 42.2 Å². The third-order valence-corrected chi connectivity index (χ3v) is 9.84. The summed E-state index contributed by atoms with van der Waals surface area (Å²) in [6.45, 7) is 5.78. The number of ether oxygens (including phenoxy) is 2. The molecule has 0 radical (unpaired) electrons. The maximum Gasteiger partial charge on any atom is 0.409 e. The first-order valence-electron chi connectivity index (χ1n) is 19.4. The van der Waals surface area contributed by atoms with Gasteiger partial charge < -0.3 is 55.8 Å². The molecule has 0 bridgehead atoms.